The molecule has 0 radical (unpaired) electrons. The summed E-state index contributed by atoms with van der Waals surface area (Å²) in [6, 6.07) is -0.450. The highest BCUT2D eigenvalue weighted by molar-refractivity contribution is 5.73. The summed E-state index contributed by atoms with van der Waals surface area (Å²) >= 11 is 0. The first-order chi connectivity index (χ1) is 7.09. The van der Waals surface area contributed by atoms with Gasteiger partial charge in [-0.05, 0) is 38.1 Å². The number of carbonyl (C=O) groups is 2. The lowest BCUT2D eigenvalue weighted by Crippen LogP contribution is -2.43. The first-order valence-corrected chi connectivity index (χ1v) is 5.27. The lowest BCUT2D eigenvalue weighted by Gasteiger charge is -2.27. The van der Waals surface area contributed by atoms with E-state index in [1.165, 1.54) is 0 Å². The zero-order valence-electron chi connectivity index (χ0n) is 8.61. The van der Waals surface area contributed by atoms with Gasteiger partial charge in [0.25, 0.3) is 0 Å². The van der Waals surface area contributed by atoms with Gasteiger partial charge in [-0.1, -0.05) is 0 Å². The lowest BCUT2D eigenvalue weighted by atomic mass is 9.88. The van der Waals surface area contributed by atoms with Crippen LogP contribution in [0.2, 0.25) is 0 Å². The van der Waals surface area contributed by atoms with E-state index < -0.39 is 18.0 Å². The highest BCUT2D eigenvalue weighted by atomic mass is 16.4. The molecule has 86 valence electrons. The molecule has 1 saturated heterocycles. The topological polar surface area (TPSA) is 86.6 Å². The summed E-state index contributed by atoms with van der Waals surface area (Å²) < 4.78 is 0. The van der Waals surface area contributed by atoms with Gasteiger partial charge in [-0.2, -0.15) is 0 Å². The van der Waals surface area contributed by atoms with Gasteiger partial charge < -0.3 is 15.5 Å². The molecule has 1 rings (SSSR count). The van der Waals surface area contributed by atoms with E-state index >= 15 is 0 Å². The molecule has 0 aliphatic carbocycles. The fourth-order valence-corrected chi connectivity index (χ4v) is 1.99. The molecule has 1 aliphatic rings. The van der Waals surface area contributed by atoms with Crippen LogP contribution in [-0.2, 0) is 9.59 Å². The van der Waals surface area contributed by atoms with Gasteiger partial charge in [0.15, 0.2) is 0 Å². The summed E-state index contributed by atoms with van der Waals surface area (Å²) in [4.78, 5) is 21.0. The molecule has 0 unspecified atom stereocenters. The van der Waals surface area contributed by atoms with Gasteiger partial charge in [-0.3, -0.25) is 9.59 Å². The molecule has 3 N–H and O–H groups in total. The largest absolute Gasteiger partial charge is 0.481 e. The standard InChI is InChI=1S/C10H17NO4/c12-9(13)3-1-2-7-4-5-11-8(6-7)10(14)15/h7-8,11H,1-6H2,(H,12,13)(H,14,15)/t7-,8+/m1/s1. The molecule has 0 aromatic carbocycles. The van der Waals surface area contributed by atoms with Crippen LogP contribution in [0.5, 0.6) is 0 Å². The van der Waals surface area contributed by atoms with E-state index in [2.05, 4.69) is 5.32 Å². The van der Waals surface area contributed by atoms with Crippen LogP contribution in [0.4, 0.5) is 0 Å². The Morgan fingerprint density at radius 1 is 1.33 bits per heavy atom. The van der Waals surface area contributed by atoms with Crippen LogP contribution in [0.25, 0.3) is 0 Å². The Morgan fingerprint density at radius 2 is 2.07 bits per heavy atom. The van der Waals surface area contributed by atoms with Crippen molar-refractivity contribution in [1.82, 2.24) is 5.32 Å². The van der Waals surface area contributed by atoms with Gasteiger partial charge in [0, 0.05) is 6.42 Å². The zero-order chi connectivity index (χ0) is 11.3. The van der Waals surface area contributed by atoms with Gasteiger partial charge in [-0.25, -0.2) is 0 Å². The second-order valence-electron chi connectivity index (χ2n) is 4.02. The molecule has 0 amide bonds. The number of hydrogen-bond donors (Lipinski definition) is 3. The Hall–Kier alpha value is -1.10. The van der Waals surface area contributed by atoms with Crippen molar-refractivity contribution in [3.8, 4) is 0 Å². The molecule has 15 heavy (non-hydrogen) atoms. The third kappa shape index (κ3) is 4.29. The smallest absolute Gasteiger partial charge is 0.320 e. The predicted molar refractivity (Wildman–Crippen MR) is 53.6 cm³/mol. The van der Waals surface area contributed by atoms with Crippen LogP contribution in [0, 0.1) is 5.92 Å². The summed E-state index contributed by atoms with van der Waals surface area (Å²) in [6.07, 6.45) is 3.21. The van der Waals surface area contributed by atoms with Crippen LogP contribution in [0.15, 0.2) is 0 Å². The third-order valence-corrected chi connectivity index (χ3v) is 2.81. The molecule has 2 atom stereocenters. The molecular formula is C10H17NO4. The average Bonchev–Trinajstić information content (AvgIpc) is 2.17. The molecule has 0 bridgehead atoms. The molecule has 0 saturated carbocycles. The van der Waals surface area contributed by atoms with E-state index in [0.29, 0.717) is 25.3 Å². The van der Waals surface area contributed by atoms with Crippen LogP contribution >= 0.6 is 0 Å². The van der Waals surface area contributed by atoms with E-state index in [9.17, 15) is 9.59 Å². The van der Waals surface area contributed by atoms with E-state index in [1.54, 1.807) is 0 Å². The molecule has 1 fully saturated rings. The van der Waals surface area contributed by atoms with Crippen molar-refractivity contribution in [3.63, 3.8) is 0 Å². The highest BCUT2D eigenvalue weighted by Gasteiger charge is 2.25. The molecule has 5 heteroatoms. The first kappa shape index (κ1) is 12.0. The zero-order valence-corrected chi connectivity index (χ0v) is 8.61. The number of carboxylic acids is 2. The Labute approximate surface area is 88.5 Å². The molecule has 0 aromatic heterocycles. The maximum Gasteiger partial charge on any atom is 0.320 e. The van der Waals surface area contributed by atoms with Crippen molar-refractivity contribution in [3.05, 3.63) is 0 Å². The van der Waals surface area contributed by atoms with Crippen LogP contribution in [0.1, 0.15) is 32.1 Å². The van der Waals surface area contributed by atoms with Gasteiger partial charge in [0.2, 0.25) is 0 Å². The minimum atomic E-state index is -0.807. The number of nitrogens with one attached hydrogen (secondary N) is 1. The second kappa shape index (κ2) is 5.70. The Balaban J connectivity index is 2.24. The maximum absolute atomic E-state index is 10.7. The Bertz CT molecular complexity index is 242. The number of aliphatic carboxylic acids is 2. The van der Waals surface area contributed by atoms with E-state index in [4.69, 9.17) is 10.2 Å². The first-order valence-electron chi connectivity index (χ1n) is 5.27. The highest BCUT2D eigenvalue weighted by Crippen LogP contribution is 2.22. The van der Waals surface area contributed by atoms with E-state index in [1.807, 2.05) is 0 Å². The third-order valence-electron chi connectivity index (χ3n) is 2.81. The number of piperidine rings is 1. The van der Waals surface area contributed by atoms with E-state index in [0.717, 1.165) is 12.8 Å². The molecule has 0 spiro atoms. The summed E-state index contributed by atoms with van der Waals surface area (Å²) in [6.45, 7) is 0.717. The summed E-state index contributed by atoms with van der Waals surface area (Å²) in [5.41, 5.74) is 0. The number of hydrogen-bond acceptors (Lipinski definition) is 3. The molecule has 0 aromatic rings. The average molecular weight is 215 g/mol. The molecule has 1 aliphatic heterocycles. The van der Waals surface area contributed by atoms with E-state index in [-0.39, 0.29) is 6.42 Å². The fraction of sp³-hybridized carbons (Fsp3) is 0.800. The number of carboxylic acid groups (broad SMARTS) is 2. The van der Waals surface area contributed by atoms with Crippen molar-refractivity contribution in [2.75, 3.05) is 6.54 Å². The van der Waals surface area contributed by atoms with Crippen molar-refractivity contribution >= 4 is 11.9 Å². The maximum atomic E-state index is 10.7. The van der Waals surface area contributed by atoms with Crippen molar-refractivity contribution in [2.24, 2.45) is 5.92 Å². The molecule has 1 heterocycles. The van der Waals surface area contributed by atoms with Crippen LogP contribution in [-0.4, -0.2) is 34.7 Å². The normalized spacial score (nSPS) is 26.1. The summed E-state index contributed by atoms with van der Waals surface area (Å²) in [7, 11) is 0. The number of rotatable bonds is 5. The minimum Gasteiger partial charge on any atom is -0.481 e. The predicted octanol–water partition coefficient (Wildman–Crippen LogP) is 0.694. The SMILES string of the molecule is O=C(O)CCC[C@@H]1CCN[C@H](C(=O)O)C1. The summed E-state index contributed by atoms with van der Waals surface area (Å²) in [5, 5.41) is 20.2. The lowest BCUT2D eigenvalue weighted by molar-refractivity contribution is -0.141. The van der Waals surface area contributed by atoms with Crippen LogP contribution < -0.4 is 5.32 Å². The van der Waals surface area contributed by atoms with Crippen molar-refractivity contribution < 1.29 is 19.8 Å². The van der Waals surface area contributed by atoms with Crippen LogP contribution in [0.3, 0.4) is 0 Å². The van der Waals surface area contributed by atoms with Crippen molar-refractivity contribution in [1.29, 1.82) is 0 Å². The Morgan fingerprint density at radius 3 is 2.67 bits per heavy atom. The van der Waals surface area contributed by atoms with Gasteiger partial charge in [0.1, 0.15) is 6.04 Å². The summed E-state index contributed by atoms with van der Waals surface area (Å²) in [5.74, 6) is -1.23. The van der Waals surface area contributed by atoms with Gasteiger partial charge >= 0.3 is 11.9 Å². The molecular weight excluding hydrogens is 198 g/mol. The Kier molecular flexibility index (Phi) is 4.55. The van der Waals surface area contributed by atoms with Gasteiger partial charge in [-0.15, -0.1) is 0 Å². The second-order valence-corrected chi connectivity index (χ2v) is 4.02. The van der Waals surface area contributed by atoms with Gasteiger partial charge in [0.05, 0.1) is 0 Å². The minimum absolute atomic E-state index is 0.182. The van der Waals surface area contributed by atoms with Crippen molar-refractivity contribution in [2.45, 2.75) is 38.1 Å². The monoisotopic (exact) mass is 215 g/mol. The quantitative estimate of drug-likeness (QED) is 0.628. The molecule has 5 nitrogen and oxygen atoms in total. The fourth-order valence-electron chi connectivity index (χ4n) is 1.99.